The molecule has 0 atom stereocenters. The zero-order valence-corrected chi connectivity index (χ0v) is 10.0. The Balaban J connectivity index is 2.45. The first kappa shape index (κ1) is 11.8. The van der Waals surface area contributed by atoms with E-state index >= 15 is 0 Å². The molecule has 17 heavy (non-hydrogen) atoms. The number of benzene rings is 1. The minimum Gasteiger partial charge on any atom is -0.377 e. The molecule has 0 spiro atoms. The molecule has 0 saturated heterocycles. The van der Waals surface area contributed by atoms with Gasteiger partial charge in [0.1, 0.15) is 5.69 Å². The molecule has 7 heteroatoms. The summed E-state index contributed by atoms with van der Waals surface area (Å²) >= 11 is 0. The van der Waals surface area contributed by atoms with E-state index in [-0.39, 0.29) is 22.3 Å². The van der Waals surface area contributed by atoms with E-state index in [4.69, 9.17) is 0 Å². The number of hydrogen-bond acceptors (Lipinski definition) is 5. The number of anilines is 1. The van der Waals surface area contributed by atoms with Crippen molar-refractivity contribution >= 4 is 21.2 Å². The lowest BCUT2D eigenvalue weighted by Crippen LogP contribution is -2.06. The predicted octanol–water partition coefficient (Wildman–Crippen LogP) is 1.57. The van der Waals surface area contributed by atoms with E-state index in [9.17, 15) is 18.5 Å². The molecule has 1 aliphatic carbocycles. The predicted molar refractivity (Wildman–Crippen MR) is 62.9 cm³/mol. The molecule has 1 fully saturated rings. The standard InChI is InChI=1S/C10H12N2O4S/c1-17(15,16)8-4-5-10(12(13)14)9(6-8)11-7-2-3-7/h4-7,11H,2-3H2,1H3. The fourth-order valence-electron chi connectivity index (χ4n) is 1.47. The van der Waals surface area contributed by atoms with Crippen LogP contribution in [0, 0.1) is 10.1 Å². The Labute approximate surface area is 98.7 Å². The van der Waals surface area contributed by atoms with Crippen LogP contribution in [-0.4, -0.2) is 25.6 Å². The molecule has 0 aromatic heterocycles. The fraction of sp³-hybridized carbons (Fsp3) is 0.400. The summed E-state index contributed by atoms with van der Waals surface area (Å²) in [4.78, 5) is 10.4. The highest BCUT2D eigenvalue weighted by molar-refractivity contribution is 7.90. The molecular formula is C10H12N2O4S. The summed E-state index contributed by atoms with van der Waals surface area (Å²) in [5.74, 6) is 0. The van der Waals surface area contributed by atoms with Gasteiger partial charge in [0.05, 0.1) is 9.82 Å². The number of nitrogens with zero attached hydrogens (tertiary/aromatic N) is 1. The van der Waals surface area contributed by atoms with Gasteiger partial charge in [0.2, 0.25) is 0 Å². The monoisotopic (exact) mass is 256 g/mol. The number of nitro benzene ring substituents is 1. The van der Waals surface area contributed by atoms with Crippen molar-refractivity contribution in [2.75, 3.05) is 11.6 Å². The average Bonchev–Trinajstić information content (AvgIpc) is 2.99. The van der Waals surface area contributed by atoms with Crippen LogP contribution in [0.1, 0.15) is 12.8 Å². The van der Waals surface area contributed by atoms with E-state index in [1.165, 1.54) is 18.2 Å². The molecule has 0 unspecified atom stereocenters. The molecule has 6 nitrogen and oxygen atoms in total. The summed E-state index contributed by atoms with van der Waals surface area (Å²) in [6.07, 6.45) is 3.00. The van der Waals surface area contributed by atoms with Crippen molar-refractivity contribution in [3.63, 3.8) is 0 Å². The van der Waals surface area contributed by atoms with Crippen molar-refractivity contribution < 1.29 is 13.3 Å². The van der Waals surface area contributed by atoms with E-state index < -0.39 is 14.8 Å². The zero-order valence-electron chi connectivity index (χ0n) is 9.21. The van der Waals surface area contributed by atoms with Gasteiger partial charge in [-0.15, -0.1) is 0 Å². The van der Waals surface area contributed by atoms with Crippen molar-refractivity contribution in [2.45, 2.75) is 23.8 Å². The fourth-order valence-corrected chi connectivity index (χ4v) is 2.12. The van der Waals surface area contributed by atoms with Gasteiger partial charge in [-0.3, -0.25) is 10.1 Å². The second kappa shape index (κ2) is 3.99. The summed E-state index contributed by atoms with van der Waals surface area (Å²) in [7, 11) is -3.35. The molecule has 1 aromatic rings. The smallest absolute Gasteiger partial charge is 0.292 e. The Morgan fingerprint density at radius 3 is 2.53 bits per heavy atom. The first-order valence-electron chi connectivity index (χ1n) is 5.13. The summed E-state index contributed by atoms with van der Waals surface area (Å²) in [5.41, 5.74) is 0.185. The number of rotatable bonds is 4. The number of nitrogens with one attached hydrogen (secondary N) is 1. The highest BCUT2D eigenvalue weighted by Crippen LogP contribution is 2.32. The van der Waals surface area contributed by atoms with Crippen LogP contribution in [-0.2, 0) is 9.84 Å². The van der Waals surface area contributed by atoms with Crippen molar-refractivity contribution in [1.29, 1.82) is 0 Å². The molecule has 0 bridgehead atoms. The molecule has 1 aliphatic rings. The molecule has 0 amide bonds. The maximum Gasteiger partial charge on any atom is 0.292 e. The first-order chi connectivity index (χ1) is 7.88. The van der Waals surface area contributed by atoms with Crippen LogP contribution in [0.4, 0.5) is 11.4 Å². The van der Waals surface area contributed by atoms with Crippen LogP contribution >= 0.6 is 0 Å². The zero-order chi connectivity index (χ0) is 12.6. The van der Waals surface area contributed by atoms with Gasteiger partial charge in [0.25, 0.3) is 5.69 Å². The van der Waals surface area contributed by atoms with Crippen LogP contribution in [0.25, 0.3) is 0 Å². The van der Waals surface area contributed by atoms with E-state index in [2.05, 4.69) is 5.32 Å². The largest absolute Gasteiger partial charge is 0.377 e. The molecule has 0 heterocycles. The minimum atomic E-state index is -3.35. The molecule has 92 valence electrons. The molecule has 0 aliphatic heterocycles. The van der Waals surface area contributed by atoms with Crippen LogP contribution in [0.3, 0.4) is 0 Å². The quantitative estimate of drug-likeness (QED) is 0.652. The molecule has 1 N–H and O–H groups in total. The van der Waals surface area contributed by atoms with Crippen LogP contribution in [0.5, 0.6) is 0 Å². The highest BCUT2D eigenvalue weighted by Gasteiger charge is 2.25. The van der Waals surface area contributed by atoms with Gasteiger partial charge >= 0.3 is 0 Å². The van der Waals surface area contributed by atoms with Crippen LogP contribution < -0.4 is 5.32 Å². The van der Waals surface area contributed by atoms with Gasteiger partial charge < -0.3 is 5.32 Å². The Kier molecular flexibility index (Phi) is 2.78. The second-order valence-electron chi connectivity index (χ2n) is 4.13. The minimum absolute atomic E-state index is 0.0891. The van der Waals surface area contributed by atoms with Crippen molar-refractivity contribution in [3.8, 4) is 0 Å². The third-order valence-electron chi connectivity index (χ3n) is 2.53. The van der Waals surface area contributed by atoms with Crippen molar-refractivity contribution in [2.24, 2.45) is 0 Å². The third kappa shape index (κ3) is 2.73. The average molecular weight is 256 g/mol. The van der Waals surface area contributed by atoms with Gasteiger partial charge in [0.15, 0.2) is 9.84 Å². The third-order valence-corrected chi connectivity index (χ3v) is 3.64. The SMILES string of the molecule is CS(=O)(=O)c1ccc([N+](=O)[O-])c(NC2CC2)c1. The van der Waals surface area contributed by atoms with Crippen LogP contribution in [0.15, 0.2) is 23.1 Å². The summed E-state index contributed by atoms with van der Waals surface area (Å²) in [6.45, 7) is 0. The Bertz CT molecular complexity index is 564. The molecular weight excluding hydrogens is 244 g/mol. The lowest BCUT2D eigenvalue weighted by Gasteiger charge is -2.07. The second-order valence-corrected chi connectivity index (χ2v) is 6.14. The Morgan fingerprint density at radius 2 is 2.06 bits per heavy atom. The lowest BCUT2D eigenvalue weighted by atomic mass is 10.2. The number of nitro groups is 1. The Morgan fingerprint density at radius 1 is 1.41 bits per heavy atom. The summed E-state index contributed by atoms with van der Waals surface area (Å²) in [6, 6.07) is 4.03. The van der Waals surface area contributed by atoms with Gasteiger partial charge in [-0.05, 0) is 25.0 Å². The maximum atomic E-state index is 11.4. The van der Waals surface area contributed by atoms with E-state index in [0.29, 0.717) is 0 Å². The topological polar surface area (TPSA) is 89.3 Å². The first-order valence-corrected chi connectivity index (χ1v) is 7.02. The van der Waals surface area contributed by atoms with Gasteiger partial charge in [-0.25, -0.2) is 8.42 Å². The molecule has 1 saturated carbocycles. The van der Waals surface area contributed by atoms with E-state index in [1.807, 2.05) is 0 Å². The van der Waals surface area contributed by atoms with Gasteiger partial charge in [0, 0.05) is 18.4 Å². The lowest BCUT2D eigenvalue weighted by molar-refractivity contribution is -0.384. The summed E-state index contributed by atoms with van der Waals surface area (Å²) < 4.78 is 22.7. The molecule has 1 aromatic carbocycles. The van der Waals surface area contributed by atoms with Crippen LogP contribution in [0.2, 0.25) is 0 Å². The molecule has 2 rings (SSSR count). The number of sulfone groups is 1. The summed E-state index contributed by atoms with van der Waals surface area (Å²) in [5, 5.41) is 13.8. The van der Waals surface area contributed by atoms with Crippen molar-refractivity contribution in [1.82, 2.24) is 0 Å². The number of hydrogen-bond donors (Lipinski definition) is 1. The van der Waals surface area contributed by atoms with Gasteiger partial charge in [-0.2, -0.15) is 0 Å². The van der Waals surface area contributed by atoms with E-state index in [0.717, 1.165) is 19.1 Å². The Hall–Kier alpha value is -1.63. The normalized spacial score (nSPS) is 15.6. The van der Waals surface area contributed by atoms with Gasteiger partial charge in [-0.1, -0.05) is 0 Å². The molecule has 0 radical (unpaired) electrons. The maximum absolute atomic E-state index is 11.4. The van der Waals surface area contributed by atoms with Crippen molar-refractivity contribution in [3.05, 3.63) is 28.3 Å². The highest BCUT2D eigenvalue weighted by atomic mass is 32.2. The van der Waals surface area contributed by atoms with E-state index in [1.54, 1.807) is 0 Å².